The summed E-state index contributed by atoms with van der Waals surface area (Å²) < 4.78 is 0. The Kier molecular flexibility index (Phi) is 8.17. The minimum Gasteiger partial charge on any atom is -0.391 e. The van der Waals surface area contributed by atoms with Gasteiger partial charge in [-0.2, -0.15) is 0 Å². The molecule has 124 valence electrons. The Bertz CT molecular complexity index is 475. The zero-order valence-corrected chi connectivity index (χ0v) is 16.1. The Morgan fingerprint density at radius 2 is 2.09 bits per heavy atom. The van der Waals surface area contributed by atoms with Gasteiger partial charge in [-0.05, 0) is 25.8 Å². The first-order valence-electron chi connectivity index (χ1n) is 7.88. The summed E-state index contributed by atoms with van der Waals surface area (Å²) in [5.74, 6) is 1.32. The number of aryl methyl sites for hydroxylation is 1. The monoisotopic (exact) mass is 417 g/mol. The molecule has 2 rings (SSSR count). The molecule has 4 nitrogen and oxygen atoms in total. The highest BCUT2D eigenvalue weighted by Crippen LogP contribution is 2.16. The van der Waals surface area contributed by atoms with Crippen molar-refractivity contribution >= 4 is 29.9 Å². The number of β-amino-alcohol motifs (C(OH)–C–C–N with tert-alkyl or cyclic N) is 1. The first-order chi connectivity index (χ1) is 10.1. The fourth-order valence-electron chi connectivity index (χ4n) is 2.58. The molecule has 0 spiro atoms. The lowest BCUT2D eigenvalue weighted by atomic mass is 10.0. The van der Waals surface area contributed by atoms with E-state index in [1.54, 1.807) is 0 Å². The van der Waals surface area contributed by atoms with Gasteiger partial charge in [0.25, 0.3) is 0 Å². The third-order valence-corrected chi connectivity index (χ3v) is 3.96. The van der Waals surface area contributed by atoms with Crippen molar-refractivity contribution in [3.8, 4) is 0 Å². The normalized spacial score (nSPS) is 19.7. The summed E-state index contributed by atoms with van der Waals surface area (Å²) in [4.78, 5) is 6.90. The van der Waals surface area contributed by atoms with Crippen molar-refractivity contribution in [2.45, 2.75) is 39.2 Å². The zero-order valence-electron chi connectivity index (χ0n) is 13.7. The second-order valence-electron chi connectivity index (χ2n) is 5.89. The number of halogens is 1. The maximum absolute atomic E-state index is 9.67. The van der Waals surface area contributed by atoms with Gasteiger partial charge in [0.05, 0.1) is 6.10 Å². The van der Waals surface area contributed by atoms with E-state index in [2.05, 4.69) is 55.3 Å². The second-order valence-corrected chi connectivity index (χ2v) is 5.89. The molecule has 1 unspecified atom stereocenters. The Labute approximate surface area is 151 Å². The molecule has 22 heavy (non-hydrogen) atoms. The number of hydrogen-bond donors (Lipinski definition) is 2. The highest BCUT2D eigenvalue weighted by molar-refractivity contribution is 14.0. The van der Waals surface area contributed by atoms with E-state index in [1.807, 2.05) is 0 Å². The number of aliphatic imine (C=N–C) groups is 1. The maximum Gasteiger partial charge on any atom is 0.194 e. The van der Waals surface area contributed by atoms with Gasteiger partial charge < -0.3 is 15.3 Å². The Morgan fingerprint density at radius 1 is 1.41 bits per heavy atom. The van der Waals surface area contributed by atoms with Crippen molar-refractivity contribution in [1.29, 1.82) is 0 Å². The molecule has 1 heterocycles. The van der Waals surface area contributed by atoms with Gasteiger partial charge in [-0.1, -0.05) is 36.8 Å². The predicted octanol–water partition coefficient (Wildman–Crippen LogP) is 2.75. The van der Waals surface area contributed by atoms with Crippen molar-refractivity contribution < 1.29 is 5.11 Å². The number of likely N-dealkylation sites (tertiary alicyclic amines) is 1. The fourth-order valence-corrected chi connectivity index (χ4v) is 2.58. The number of guanidine groups is 1. The summed E-state index contributed by atoms with van der Waals surface area (Å²) >= 11 is 0. The molecule has 0 saturated carbocycles. The topological polar surface area (TPSA) is 47.9 Å². The van der Waals surface area contributed by atoms with Crippen LogP contribution < -0.4 is 5.32 Å². The molecule has 2 N–H and O–H groups in total. The third kappa shape index (κ3) is 5.43. The highest BCUT2D eigenvalue weighted by Gasteiger charge is 2.22. The first kappa shape index (κ1) is 19.2. The molecule has 1 fully saturated rings. The summed E-state index contributed by atoms with van der Waals surface area (Å²) in [5.41, 5.74) is 2.61. The molecule has 0 aliphatic carbocycles. The van der Waals surface area contributed by atoms with Gasteiger partial charge in [-0.15, -0.1) is 24.0 Å². The van der Waals surface area contributed by atoms with E-state index in [9.17, 15) is 5.11 Å². The van der Waals surface area contributed by atoms with Gasteiger partial charge in [0.2, 0.25) is 0 Å². The second kappa shape index (κ2) is 9.35. The van der Waals surface area contributed by atoms with E-state index in [-0.39, 0.29) is 30.1 Å². The molecule has 0 radical (unpaired) electrons. The largest absolute Gasteiger partial charge is 0.391 e. The van der Waals surface area contributed by atoms with E-state index in [0.717, 1.165) is 32.0 Å². The Balaban J connectivity index is 0.00000242. The van der Waals surface area contributed by atoms with Crippen LogP contribution in [0.4, 0.5) is 0 Å². The van der Waals surface area contributed by atoms with E-state index in [1.165, 1.54) is 11.1 Å². The van der Waals surface area contributed by atoms with Gasteiger partial charge >= 0.3 is 0 Å². The van der Waals surface area contributed by atoms with Gasteiger partial charge in [0.15, 0.2) is 5.96 Å². The van der Waals surface area contributed by atoms with Crippen molar-refractivity contribution in [1.82, 2.24) is 10.2 Å². The van der Waals surface area contributed by atoms with Crippen molar-refractivity contribution in [3.05, 3.63) is 35.4 Å². The SMILES string of the molecule is CCNC(=NCC(C)c1ccc(C)cc1)N1CC[C@@H](O)C1.I. The summed E-state index contributed by atoms with van der Waals surface area (Å²) in [6.07, 6.45) is 0.612. The number of rotatable bonds is 4. The first-order valence-corrected chi connectivity index (χ1v) is 7.88. The van der Waals surface area contributed by atoms with Crippen LogP contribution in [0.3, 0.4) is 0 Å². The van der Waals surface area contributed by atoms with Gasteiger partial charge in [-0.3, -0.25) is 4.99 Å². The van der Waals surface area contributed by atoms with Crippen molar-refractivity contribution in [2.24, 2.45) is 4.99 Å². The summed E-state index contributed by atoms with van der Waals surface area (Å²) in [5, 5.41) is 13.0. The van der Waals surface area contributed by atoms with E-state index >= 15 is 0 Å². The van der Waals surface area contributed by atoms with Crippen molar-refractivity contribution in [2.75, 3.05) is 26.2 Å². The van der Waals surface area contributed by atoms with Crippen LogP contribution in [0.1, 0.15) is 37.3 Å². The number of hydrogen-bond acceptors (Lipinski definition) is 2. The van der Waals surface area contributed by atoms with E-state index in [0.29, 0.717) is 12.5 Å². The lowest BCUT2D eigenvalue weighted by Crippen LogP contribution is -2.40. The highest BCUT2D eigenvalue weighted by atomic mass is 127. The number of benzene rings is 1. The molecule has 0 bridgehead atoms. The van der Waals surface area contributed by atoms with Crippen molar-refractivity contribution in [3.63, 3.8) is 0 Å². The summed E-state index contributed by atoms with van der Waals surface area (Å²) in [6.45, 7) is 9.57. The summed E-state index contributed by atoms with van der Waals surface area (Å²) in [7, 11) is 0. The zero-order chi connectivity index (χ0) is 15.2. The van der Waals surface area contributed by atoms with Crippen LogP contribution in [0.15, 0.2) is 29.3 Å². The van der Waals surface area contributed by atoms with E-state index in [4.69, 9.17) is 4.99 Å². The minimum atomic E-state index is -0.219. The van der Waals surface area contributed by atoms with Crippen LogP contribution in [0.25, 0.3) is 0 Å². The standard InChI is InChI=1S/C17H27N3O.HI/c1-4-18-17(20-10-9-16(21)12-20)19-11-14(3)15-7-5-13(2)6-8-15;/h5-8,14,16,21H,4,9-12H2,1-3H3,(H,18,19);1H/t14?,16-;/m1./s1. The maximum atomic E-state index is 9.67. The number of aliphatic hydroxyl groups excluding tert-OH is 1. The lowest BCUT2D eigenvalue weighted by molar-refractivity contribution is 0.188. The summed E-state index contributed by atoms with van der Waals surface area (Å²) in [6, 6.07) is 8.67. The van der Waals surface area contributed by atoms with Crippen LogP contribution in [-0.2, 0) is 0 Å². The molecule has 5 heteroatoms. The molecule has 2 atom stereocenters. The molecule has 0 aromatic heterocycles. The predicted molar refractivity (Wildman–Crippen MR) is 103 cm³/mol. The van der Waals surface area contributed by atoms with Crippen LogP contribution in [-0.4, -0.2) is 48.2 Å². The van der Waals surface area contributed by atoms with Crippen LogP contribution in [0, 0.1) is 6.92 Å². The quantitative estimate of drug-likeness (QED) is 0.450. The third-order valence-electron chi connectivity index (χ3n) is 3.96. The number of nitrogens with zero attached hydrogens (tertiary/aromatic N) is 2. The molecule has 1 aromatic carbocycles. The smallest absolute Gasteiger partial charge is 0.194 e. The Morgan fingerprint density at radius 3 is 2.64 bits per heavy atom. The fraction of sp³-hybridized carbons (Fsp3) is 0.588. The molecule has 1 saturated heterocycles. The van der Waals surface area contributed by atoms with Crippen LogP contribution in [0.5, 0.6) is 0 Å². The lowest BCUT2D eigenvalue weighted by Gasteiger charge is -2.21. The number of aliphatic hydroxyl groups is 1. The molecule has 1 aromatic rings. The van der Waals surface area contributed by atoms with E-state index < -0.39 is 0 Å². The van der Waals surface area contributed by atoms with Crippen LogP contribution >= 0.6 is 24.0 Å². The number of nitrogens with one attached hydrogen (secondary N) is 1. The molecule has 1 aliphatic rings. The molecule has 1 aliphatic heterocycles. The van der Waals surface area contributed by atoms with Gasteiger partial charge in [0, 0.05) is 32.1 Å². The van der Waals surface area contributed by atoms with Gasteiger partial charge in [0.1, 0.15) is 0 Å². The van der Waals surface area contributed by atoms with Crippen LogP contribution in [0.2, 0.25) is 0 Å². The average molecular weight is 417 g/mol. The minimum absolute atomic E-state index is 0. The molecule has 0 amide bonds. The molecular weight excluding hydrogens is 389 g/mol. The molecular formula is C17H28IN3O. The van der Waals surface area contributed by atoms with Gasteiger partial charge in [-0.25, -0.2) is 0 Å². The average Bonchev–Trinajstić information content (AvgIpc) is 2.90. The Hall–Kier alpha value is -0.820.